The predicted octanol–water partition coefficient (Wildman–Crippen LogP) is 1.78. The molecule has 76 valence electrons. The zero-order valence-electron chi connectivity index (χ0n) is 8.47. The van der Waals surface area contributed by atoms with E-state index in [1.165, 1.54) is 51.4 Å². The van der Waals surface area contributed by atoms with Crippen LogP contribution in [0, 0.1) is 5.41 Å². The molecule has 0 aromatic heterocycles. The molecule has 2 unspecified atom stereocenters. The number of hydrogen-bond donors (Lipinski definition) is 2. The Hall–Kier alpha value is -0.0800. The van der Waals surface area contributed by atoms with Crippen LogP contribution in [0.5, 0.6) is 0 Å². The van der Waals surface area contributed by atoms with Crippen LogP contribution < -0.4 is 11.5 Å². The number of nitrogens with two attached hydrogens (primary N) is 2. The van der Waals surface area contributed by atoms with Gasteiger partial charge in [-0.15, -0.1) is 0 Å². The van der Waals surface area contributed by atoms with Gasteiger partial charge in [-0.05, 0) is 25.7 Å². The summed E-state index contributed by atoms with van der Waals surface area (Å²) in [4.78, 5) is 0. The van der Waals surface area contributed by atoms with E-state index in [0.717, 1.165) is 0 Å². The molecule has 0 aromatic carbocycles. The minimum Gasteiger partial charge on any atom is -0.327 e. The fourth-order valence-corrected chi connectivity index (χ4v) is 3.35. The molecule has 0 bridgehead atoms. The Kier molecular flexibility index (Phi) is 2.61. The standard InChI is InChI=1S/C11H22N2/c12-9-5-1-3-7-11(9)8-4-2-6-10(11)13/h9-10H,1-8,12-13H2. The van der Waals surface area contributed by atoms with Crippen LogP contribution in [-0.2, 0) is 0 Å². The van der Waals surface area contributed by atoms with E-state index in [9.17, 15) is 0 Å². The van der Waals surface area contributed by atoms with Crippen molar-refractivity contribution >= 4 is 0 Å². The van der Waals surface area contributed by atoms with E-state index in [1.807, 2.05) is 0 Å². The molecule has 2 nitrogen and oxygen atoms in total. The Morgan fingerprint density at radius 2 is 1.23 bits per heavy atom. The molecule has 2 heteroatoms. The van der Waals surface area contributed by atoms with Gasteiger partial charge in [0.1, 0.15) is 0 Å². The molecule has 0 amide bonds. The van der Waals surface area contributed by atoms with E-state index in [1.54, 1.807) is 0 Å². The Bertz CT molecular complexity index is 159. The fourth-order valence-electron chi connectivity index (χ4n) is 3.35. The SMILES string of the molecule is NC1CCCCC12CCCCC2N. The second-order valence-electron chi connectivity index (χ2n) is 4.94. The summed E-state index contributed by atoms with van der Waals surface area (Å²) in [6.07, 6.45) is 10.3. The second-order valence-corrected chi connectivity index (χ2v) is 4.94. The largest absolute Gasteiger partial charge is 0.327 e. The first-order chi connectivity index (χ1) is 6.26. The number of rotatable bonds is 0. The highest BCUT2D eigenvalue weighted by Crippen LogP contribution is 2.45. The van der Waals surface area contributed by atoms with Crippen LogP contribution in [-0.4, -0.2) is 12.1 Å². The van der Waals surface area contributed by atoms with Crippen LogP contribution in [0.15, 0.2) is 0 Å². The maximum absolute atomic E-state index is 6.25. The molecule has 0 aliphatic heterocycles. The van der Waals surface area contributed by atoms with E-state index >= 15 is 0 Å². The van der Waals surface area contributed by atoms with Gasteiger partial charge in [0.25, 0.3) is 0 Å². The first kappa shape index (κ1) is 9.47. The zero-order valence-corrected chi connectivity index (χ0v) is 8.47. The van der Waals surface area contributed by atoms with Crippen molar-refractivity contribution in [1.29, 1.82) is 0 Å². The third-order valence-corrected chi connectivity index (χ3v) is 4.29. The molecule has 4 N–H and O–H groups in total. The lowest BCUT2D eigenvalue weighted by Crippen LogP contribution is -2.56. The van der Waals surface area contributed by atoms with E-state index in [4.69, 9.17) is 11.5 Å². The Labute approximate surface area is 81.1 Å². The van der Waals surface area contributed by atoms with Gasteiger partial charge in [0.15, 0.2) is 0 Å². The van der Waals surface area contributed by atoms with Crippen LogP contribution in [0.4, 0.5) is 0 Å². The third-order valence-electron chi connectivity index (χ3n) is 4.29. The van der Waals surface area contributed by atoms with Crippen molar-refractivity contribution in [2.24, 2.45) is 16.9 Å². The van der Waals surface area contributed by atoms with Crippen LogP contribution in [0.2, 0.25) is 0 Å². The summed E-state index contributed by atoms with van der Waals surface area (Å²) < 4.78 is 0. The highest BCUT2D eigenvalue weighted by molar-refractivity contribution is 5.01. The highest BCUT2D eigenvalue weighted by atomic mass is 14.8. The second kappa shape index (κ2) is 3.58. The molecule has 2 atom stereocenters. The molecule has 0 heterocycles. The summed E-state index contributed by atoms with van der Waals surface area (Å²) in [5.74, 6) is 0. The van der Waals surface area contributed by atoms with Crippen molar-refractivity contribution in [2.75, 3.05) is 0 Å². The summed E-state index contributed by atoms with van der Waals surface area (Å²) in [6, 6.07) is 0.771. The van der Waals surface area contributed by atoms with Gasteiger partial charge in [-0.2, -0.15) is 0 Å². The molecule has 2 aliphatic rings. The van der Waals surface area contributed by atoms with Gasteiger partial charge >= 0.3 is 0 Å². The van der Waals surface area contributed by atoms with Crippen LogP contribution >= 0.6 is 0 Å². The van der Waals surface area contributed by atoms with Crippen molar-refractivity contribution < 1.29 is 0 Å². The molecular formula is C11H22N2. The minimum absolute atomic E-state index is 0.330. The van der Waals surface area contributed by atoms with Crippen molar-refractivity contribution in [3.63, 3.8) is 0 Å². The molecule has 2 rings (SSSR count). The Morgan fingerprint density at radius 3 is 1.62 bits per heavy atom. The van der Waals surface area contributed by atoms with E-state index in [0.29, 0.717) is 17.5 Å². The van der Waals surface area contributed by atoms with Crippen molar-refractivity contribution in [2.45, 2.75) is 63.5 Å². The van der Waals surface area contributed by atoms with Gasteiger partial charge in [-0.1, -0.05) is 25.7 Å². The first-order valence-electron chi connectivity index (χ1n) is 5.77. The third kappa shape index (κ3) is 1.50. The predicted molar refractivity (Wildman–Crippen MR) is 55.3 cm³/mol. The zero-order chi connectivity index (χ0) is 9.31. The average Bonchev–Trinajstić information content (AvgIpc) is 2.15. The van der Waals surface area contributed by atoms with Crippen LogP contribution in [0.1, 0.15) is 51.4 Å². The molecule has 1 spiro atoms. The quantitative estimate of drug-likeness (QED) is 0.600. The van der Waals surface area contributed by atoms with E-state index in [2.05, 4.69) is 0 Å². The highest BCUT2D eigenvalue weighted by Gasteiger charge is 2.44. The molecule has 2 fully saturated rings. The molecule has 2 saturated carbocycles. The summed E-state index contributed by atoms with van der Waals surface area (Å²) >= 11 is 0. The molecular weight excluding hydrogens is 160 g/mol. The molecule has 13 heavy (non-hydrogen) atoms. The summed E-state index contributed by atoms with van der Waals surface area (Å²) in [5.41, 5.74) is 12.8. The lowest BCUT2D eigenvalue weighted by Gasteiger charge is -2.49. The fraction of sp³-hybridized carbons (Fsp3) is 1.00. The number of hydrogen-bond acceptors (Lipinski definition) is 2. The van der Waals surface area contributed by atoms with Gasteiger partial charge in [0, 0.05) is 17.5 Å². The minimum atomic E-state index is 0.330. The molecule has 0 radical (unpaired) electrons. The Balaban J connectivity index is 2.13. The maximum atomic E-state index is 6.25. The van der Waals surface area contributed by atoms with Crippen molar-refractivity contribution in [3.05, 3.63) is 0 Å². The summed E-state index contributed by atoms with van der Waals surface area (Å²) in [7, 11) is 0. The monoisotopic (exact) mass is 182 g/mol. The van der Waals surface area contributed by atoms with E-state index in [-0.39, 0.29) is 0 Å². The molecule has 0 aromatic rings. The lowest BCUT2D eigenvalue weighted by molar-refractivity contribution is 0.0708. The van der Waals surface area contributed by atoms with Gasteiger partial charge in [0.2, 0.25) is 0 Å². The van der Waals surface area contributed by atoms with Crippen molar-refractivity contribution in [3.8, 4) is 0 Å². The van der Waals surface area contributed by atoms with Gasteiger partial charge in [0.05, 0.1) is 0 Å². The normalized spacial score (nSPS) is 46.6. The molecule has 2 aliphatic carbocycles. The van der Waals surface area contributed by atoms with Crippen LogP contribution in [0.25, 0.3) is 0 Å². The first-order valence-corrected chi connectivity index (χ1v) is 5.77. The Morgan fingerprint density at radius 1 is 0.769 bits per heavy atom. The van der Waals surface area contributed by atoms with Crippen LogP contribution in [0.3, 0.4) is 0 Å². The molecule has 0 saturated heterocycles. The van der Waals surface area contributed by atoms with Gasteiger partial charge in [-0.25, -0.2) is 0 Å². The smallest absolute Gasteiger partial charge is 0.0110 e. The lowest BCUT2D eigenvalue weighted by atomic mass is 9.60. The van der Waals surface area contributed by atoms with Gasteiger partial charge in [-0.3, -0.25) is 0 Å². The topological polar surface area (TPSA) is 52.0 Å². The average molecular weight is 182 g/mol. The van der Waals surface area contributed by atoms with Crippen molar-refractivity contribution in [1.82, 2.24) is 0 Å². The summed E-state index contributed by atoms with van der Waals surface area (Å²) in [5, 5.41) is 0. The van der Waals surface area contributed by atoms with E-state index < -0.39 is 0 Å². The summed E-state index contributed by atoms with van der Waals surface area (Å²) in [6.45, 7) is 0. The van der Waals surface area contributed by atoms with Gasteiger partial charge < -0.3 is 11.5 Å². The maximum Gasteiger partial charge on any atom is 0.0110 e.